The van der Waals surface area contributed by atoms with Crippen LogP contribution in [0.25, 0.3) is 11.3 Å². The predicted octanol–water partition coefficient (Wildman–Crippen LogP) is 3.59. The average molecular weight is 406 g/mol. The predicted molar refractivity (Wildman–Crippen MR) is 116 cm³/mol. The van der Waals surface area contributed by atoms with E-state index in [9.17, 15) is 0 Å². The summed E-state index contributed by atoms with van der Waals surface area (Å²) >= 11 is 0. The quantitative estimate of drug-likeness (QED) is 0.508. The number of nitrogens with two attached hydrogens (primary N) is 1. The van der Waals surface area contributed by atoms with Crippen LogP contribution in [0.2, 0.25) is 0 Å². The van der Waals surface area contributed by atoms with Gasteiger partial charge in [-0.15, -0.1) is 5.10 Å². The number of rotatable bonds is 4. The Labute approximate surface area is 176 Å². The summed E-state index contributed by atoms with van der Waals surface area (Å²) in [5.41, 5.74) is 10.7. The van der Waals surface area contributed by atoms with Crippen LogP contribution in [-0.2, 0) is 0 Å². The number of hydrogen-bond acceptors (Lipinski definition) is 5. The summed E-state index contributed by atoms with van der Waals surface area (Å²) < 4.78 is 8.08. The van der Waals surface area contributed by atoms with Gasteiger partial charge in [-0.2, -0.15) is 0 Å². The Kier molecular flexibility index (Phi) is 5.39. The van der Waals surface area contributed by atoms with Crippen LogP contribution in [0.15, 0.2) is 36.7 Å². The molecule has 0 saturated carbocycles. The maximum atomic E-state index is 7.63. The summed E-state index contributed by atoms with van der Waals surface area (Å²) in [7, 11) is 0. The summed E-state index contributed by atoms with van der Waals surface area (Å²) in [5.74, 6) is 1.60. The van der Waals surface area contributed by atoms with Crippen molar-refractivity contribution in [2.45, 2.75) is 39.7 Å². The van der Waals surface area contributed by atoms with Gasteiger partial charge in [-0.1, -0.05) is 11.3 Å². The first-order valence-corrected chi connectivity index (χ1v) is 10.1. The molecule has 3 aromatic rings. The molecule has 2 aromatic heterocycles. The highest BCUT2D eigenvalue weighted by Gasteiger charge is 2.25. The van der Waals surface area contributed by atoms with E-state index in [0.29, 0.717) is 5.75 Å². The summed E-state index contributed by atoms with van der Waals surface area (Å²) in [5, 5.41) is 16.4. The van der Waals surface area contributed by atoms with Gasteiger partial charge in [0.1, 0.15) is 11.5 Å². The van der Waals surface area contributed by atoms with Gasteiger partial charge < -0.3 is 15.4 Å². The third-order valence-corrected chi connectivity index (χ3v) is 5.43. The molecule has 1 aliphatic rings. The van der Waals surface area contributed by atoms with Crippen LogP contribution >= 0.6 is 0 Å². The van der Waals surface area contributed by atoms with E-state index < -0.39 is 0 Å². The van der Waals surface area contributed by atoms with Crippen molar-refractivity contribution in [3.05, 3.63) is 53.5 Å². The normalized spacial score (nSPS) is 14.7. The van der Waals surface area contributed by atoms with E-state index >= 15 is 0 Å². The first-order valence-electron chi connectivity index (χ1n) is 10.1. The number of pyridine rings is 1. The van der Waals surface area contributed by atoms with Crippen LogP contribution in [-0.4, -0.2) is 43.9 Å². The molecule has 0 atom stereocenters. The summed E-state index contributed by atoms with van der Waals surface area (Å²) in [6, 6.07) is 8.34. The molecule has 3 heterocycles. The van der Waals surface area contributed by atoms with Gasteiger partial charge in [-0.05, 0) is 62.9 Å². The molecular weight excluding hydrogens is 378 g/mol. The van der Waals surface area contributed by atoms with Crippen molar-refractivity contribution in [3.63, 3.8) is 0 Å². The second-order valence-corrected chi connectivity index (χ2v) is 7.91. The van der Waals surface area contributed by atoms with Crippen LogP contribution in [0, 0.1) is 26.2 Å². The zero-order valence-electron chi connectivity index (χ0n) is 17.6. The fraction of sp³-hybridized carbons (Fsp3) is 0.364. The Morgan fingerprint density at radius 1 is 1.03 bits per heavy atom. The fourth-order valence-corrected chi connectivity index (χ4v) is 4.05. The maximum absolute atomic E-state index is 7.63. The van der Waals surface area contributed by atoms with Gasteiger partial charge in [-0.25, -0.2) is 4.68 Å². The third kappa shape index (κ3) is 4.12. The lowest BCUT2D eigenvalue weighted by Crippen LogP contribution is -2.42. The number of nitrogens with one attached hydrogen (secondary N) is 1. The molecule has 8 heteroatoms. The van der Waals surface area contributed by atoms with Crippen LogP contribution in [0.3, 0.4) is 0 Å². The van der Waals surface area contributed by atoms with Crippen LogP contribution < -0.4 is 10.5 Å². The topological polar surface area (TPSA) is 106 Å². The standard InChI is InChI=1S/C22H27N7O/c1-14-8-15(2)10-19(9-14)30-20-11-17(12-25-13-20)21-16(3)26-27-29(21)18-4-6-28(7-5-18)22(23)24/h8-13,18H,4-7H2,1-3H3,(H3,23,24). The molecule has 0 radical (unpaired) electrons. The number of hydrogen-bond donors (Lipinski definition) is 2. The smallest absolute Gasteiger partial charge is 0.188 e. The van der Waals surface area contributed by atoms with Gasteiger partial charge in [-0.3, -0.25) is 10.4 Å². The second-order valence-electron chi connectivity index (χ2n) is 7.91. The Hall–Kier alpha value is -3.42. The molecule has 4 rings (SSSR count). The van der Waals surface area contributed by atoms with Crippen molar-refractivity contribution in [1.29, 1.82) is 5.41 Å². The number of aryl methyl sites for hydroxylation is 3. The Bertz CT molecular complexity index is 1050. The molecule has 0 aliphatic carbocycles. The molecule has 3 N–H and O–H groups in total. The minimum atomic E-state index is 0.129. The molecule has 1 saturated heterocycles. The summed E-state index contributed by atoms with van der Waals surface area (Å²) in [4.78, 5) is 6.29. The number of nitrogens with zero attached hydrogens (tertiary/aromatic N) is 5. The lowest BCUT2D eigenvalue weighted by Gasteiger charge is -2.32. The Morgan fingerprint density at radius 3 is 2.40 bits per heavy atom. The molecule has 0 spiro atoms. The van der Waals surface area contributed by atoms with E-state index in [1.807, 2.05) is 40.9 Å². The fourth-order valence-electron chi connectivity index (χ4n) is 4.05. The second kappa shape index (κ2) is 8.14. The van der Waals surface area contributed by atoms with Crippen molar-refractivity contribution in [2.75, 3.05) is 13.1 Å². The highest BCUT2D eigenvalue weighted by Crippen LogP contribution is 2.32. The Balaban J connectivity index is 1.60. The van der Waals surface area contributed by atoms with Gasteiger partial charge >= 0.3 is 0 Å². The SMILES string of the molecule is Cc1cc(C)cc(Oc2cncc(-c3c(C)nnn3C3CCN(C(=N)N)CC3)c2)c1. The largest absolute Gasteiger partial charge is 0.456 e. The lowest BCUT2D eigenvalue weighted by molar-refractivity contribution is 0.250. The van der Waals surface area contributed by atoms with Crippen LogP contribution in [0.1, 0.15) is 35.7 Å². The number of guanidine groups is 1. The summed E-state index contributed by atoms with van der Waals surface area (Å²) in [6.07, 6.45) is 5.26. The first-order chi connectivity index (χ1) is 14.4. The van der Waals surface area contributed by atoms with Gasteiger partial charge in [0, 0.05) is 24.8 Å². The van der Waals surface area contributed by atoms with Crippen molar-refractivity contribution >= 4 is 5.96 Å². The van der Waals surface area contributed by atoms with E-state index in [-0.39, 0.29) is 12.0 Å². The molecule has 30 heavy (non-hydrogen) atoms. The van der Waals surface area contributed by atoms with Gasteiger partial charge in [0.15, 0.2) is 5.96 Å². The van der Waals surface area contributed by atoms with Crippen molar-refractivity contribution in [3.8, 4) is 22.8 Å². The highest BCUT2D eigenvalue weighted by atomic mass is 16.5. The first kappa shape index (κ1) is 19.9. The number of piperidine rings is 1. The minimum absolute atomic E-state index is 0.129. The van der Waals surface area contributed by atoms with E-state index in [0.717, 1.165) is 59.8 Å². The molecule has 1 fully saturated rings. The van der Waals surface area contributed by atoms with E-state index in [4.69, 9.17) is 15.9 Å². The number of aromatic nitrogens is 4. The molecule has 0 unspecified atom stereocenters. The van der Waals surface area contributed by atoms with Crippen molar-refractivity contribution < 1.29 is 4.74 Å². The molecule has 1 aromatic carbocycles. The van der Waals surface area contributed by atoms with Crippen molar-refractivity contribution in [1.82, 2.24) is 24.9 Å². The zero-order chi connectivity index (χ0) is 21.3. The van der Waals surface area contributed by atoms with E-state index in [1.54, 1.807) is 6.20 Å². The van der Waals surface area contributed by atoms with Gasteiger partial charge in [0.25, 0.3) is 0 Å². The zero-order valence-corrected chi connectivity index (χ0v) is 17.6. The molecule has 0 bridgehead atoms. The monoisotopic (exact) mass is 405 g/mol. The van der Waals surface area contributed by atoms with Gasteiger partial charge in [0.05, 0.1) is 23.6 Å². The maximum Gasteiger partial charge on any atom is 0.188 e. The minimum Gasteiger partial charge on any atom is -0.456 e. The van der Waals surface area contributed by atoms with Gasteiger partial charge in [0.2, 0.25) is 0 Å². The number of likely N-dealkylation sites (tertiary alicyclic amines) is 1. The molecule has 156 valence electrons. The average Bonchev–Trinajstić information content (AvgIpc) is 3.09. The van der Waals surface area contributed by atoms with Crippen molar-refractivity contribution in [2.24, 2.45) is 5.73 Å². The lowest BCUT2D eigenvalue weighted by atomic mass is 10.0. The Morgan fingerprint density at radius 2 is 1.73 bits per heavy atom. The van der Waals surface area contributed by atoms with Crippen LogP contribution in [0.4, 0.5) is 0 Å². The van der Waals surface area contributed by atoms with Crippen LogP contribution in [0.5, 0.6) is 11.5 Å². The molecule has 0 amide bonds. The highest BCUT2D eigenvalue weighted by molar-refractivity contribution is 5.74. The van der Waals surface area contributed by atoms with E-state index in [2.05, 4.69) is 35.2 Å². The number of benzene rings is 1. The third-order valence-electron chi connectivity index (χ3n) is 5.43. The molecule has 8 nitrogen and oxygen atoms in total. The number of ether oxygens (including phenoxy) is 1. The molecule has 1 aliphatic heterocycles. The molecular formula is C22H27N7O. The van der Waals surface area contributed by atoms with E-state index in [1.165, 1.54) is 0 Å². The summed E-state index contributed by atoms with van der Waals surface area (Å²) in [6.45, 7) is 7.55.